The molecule has 0 saturated heterocycles. The Morgan fingerprint density at radius 1 is 0.964 bits per heavy atom. The Balaban J connectivity index is 1.72. The van der Waals surface area contributed by atoms with Crippen molar-refractivity contribution in [2.75, 3.05) is 11.1 Å². The molecule has 0 aliphatic heterocycles. The van der Waals surface area contributed by atoms with Crippen LogP contribution in [0.2, 0.25) is 0 Å². The number of aromatic nitrogens is 3. The minimum atomic E-state index is -2.30. The smallest absolute Gasteiger partial charge is 0.235 e. The third-order valence-corrected chi connectivity index (χ3v) is 4.69. The number of benzene rings is 2. The zero-order chi connectivity index (χ0) is 20.4. The Morgan fingerprint density at radius 3 is 2.14 bits per heavy atom. The van der Waals surface area contributed by atoms with Crippen LogP contribution in [0.3, 0.4) is 0 Å². The van der Waals surface area contributed by atoms with Crippen LogP contribution in [0.1, 0.15) is 0 Å². The van der Waals surface area contributed by atoms with Gasteiger partial charge in [0.2, 0.25) is 11.7 Å². The number of thioether (sulfide) groups is 1. The molecule has 1 amide bonds. The van der Waals surface area contributed by atoms with Gasteiger partial charge in [-0.25, -0.2) is 22.0 Å². The second-order valence-electron chi connectivity index (χ2n) is 5.51. The molecule has 5 nitrogen and oxygen atoms in total. The fourth-order valence-electron chi connectivity index (χ4n) is 2.30. The third kappa shape index (κ3) is 3.70. The molecule has 2 aromatic carbocycles. The van der Waals surface area contributed by atoms with Crippen molar-refractivity contribution in [2.24, 2.45) is 7.05 Å². The topological polar surface area (TPSA) is 59.8 Å². The van der Waals surface area contributed by atoms with E-state index in [-0.39, 0.29) is 5.75 Å². The van der Waals surface area contributed by atoms with E-state index in [9.17, 15) is 26.7 Å². The molecule has 1 heterocycles. The minimum Gasteiger partial charge on any atom is -0.320 e. The molecule has 0 saturated carbocycles. The number of amides is 1. The van der Waals surface area contributed by atoms with E-state index in [1.165, 1.54) is 0 Å². The number of rotatable bonds is 5. The summed E-state index contributed by atoms with van der Waals surface area (Å²) in [6.45, 7) is 0. The highest BCUT2D eigenvalue weighted by Gasteiger charge is 2.27. The fraction of sp³-hybridized carbons (Fsp3) is 0.118. The monoisotopic (exact) mass is 414 g/mol. The fourth-order valence-corrected chi connectivity index (χ4v) is 3.01. The summed E-state index contributed by atoms with van der Waals surface area (Å²) in [4.78, 5) is 11.9. The Hall–Kier alpha value is -2.95. The average Bonchev–Trinajstić information content (AvgIpc) is 3.07. The van der Waals surface area contributed by atoms with Gasteiger partial charge in [-0.1, -0.05) is 42.1 Å². The third-order valence-electron chi connectivity index (χ3n) is 3.67. The molecule has 0 aliphatic rings. The first-order valence-corrected chi connectivity index (χ1v) is 8.68. The van der Waals surface area contributed by atoms with Crippen LogP contribution in [0.15, 0.2) is 35.5 Å². The molecule has 0 atom stereocenters. The summed E-state index contributed by atoms with van der Waals surface area (Å²) in [7, 11) is 1.66. The number of halogens is 5. The van der Waals surface area contributed by atoms with Crippen LogP contribution in [0, 0.1) is 29.1 Å². The van der Waals surface area contributed by atoms with Gasteiger partial charge in [0, 0.05) is 12.6 Å². The van der Waals surface area contributed by atoms with Gasteiger partial charge in [-0.3, -0.25) is 4.79 Å². The Morgan fingerprint density at radius 2 is 1.54 bits per heavy atom. The lowest BCUT2D eigenvalue weighted by molar-refractivity contribution is -0.113. The molecule has 0 radical (unpaired) electrons. The van der Waals surface area contributed by atoms with Gasteiger partial charge in [-0.05, 0) is 0 Å². The van der Waals surface area contributed by atoms with Crippen LogP contribution < -0.4 is 5.32 Å². The Bertz CT molecular complexity index is 1010. The van der Waals surface area contributed by atoms with E-state index < -0.39 is 40.7 Å². The molecule has 3 aromatic rings. The highest BCUT2D eigenvalue weighted by atomic mass is 32.2. The number of carbonyl (C=O) groups is 1. The van der Waals surface area contributed by atoms with Crippen LogP contribution in [-0.2, 0) is 11.8 Å². The van der Waals surface area contributed by atoms with Gasteiger partial charge in [0.1, 0.15) is 5.69 Å². The SMILES string of the molecule is Cn1c(SCC(=O)Nc2c(F)c(F)c(F)c(F)c2F)nnc1-c1ccccc1. The Labute approximate surface area is 159 Å². The molecular weight excluding hydrogens is 403 g/mol. The van der Waals surface area contributed by atoms with Crippen molar-refractivity contribution < 1.29 is 26.7 Å². The van der Waals surface area contributed by atoms with E-state index >= 15 is 0 Å². The maximum absolute atomic E-state index is 13.6. The highest BCUT2D eigenvalue weighted by molar-refractivity contribution is 7.99. The molecule has 0 unspecified atom stereocenters. The predicted octanol–water partition coefficient (Wildman–Crippen LogP) is 3.91. The summed E-state index contributed by atoms with van der Waals surface area (Å²) in [5, 5.41) is 9.96. The average molecular weight is 414 g/mol. The van der Waals surface area contributed by atoms with Crippen molar-refractivity contribution in [3.8, 4) is 11.4 Å². The number of hydrogen-bond donors (Lipinski definition) is 1. The molecule has 3 rings (SSSR count). The number of anilines is 1. The van der Waals surface area contributed by atoms with Crippen molar-refractivity contribution in [1.29, 1.82) is 0 Å². The van der Waals surface area contributed by atoms with Gasteiger partial charge in [0.05, 0.1) is 5.75 Å². The van der Waals surface area contributed by atoms with Crippen LogP contribution in [0.4, 0.5) is 27.6 Å². The highest BCUT2D eigenvalue weighted by Crippen LogP contribution is 2.28. The quantitative estimate of drug-likeness (QED) is 0.298. The summed E-state index contributed by atoms with van der Waals surface area (Å²) in [5.41, 5.74) is -0.611. The predicted molar refractivity (Wildman–Crippen MR) is 92.0 cm³/mol. The van der Waals surface area contributed by atoms with Crippen molar-refractivity contribution >= 4 is 23.4 Å². The molecule has 0 fully saturated rings. The van der Waals surface area contributed by atoms with Crippen LogP contribution in [0.5, 0.6) is 0 Å². The van der Waals surface area contributed by atoms with Gasteiger partial charge < -0.3 is 9.88 Å². The number of hydrogen-bond acceptors (Lipinski definition) is 4. The minimum absolute atomic E-state index is 0.325. The lowest BCUT2D eigenvalue weighted by Gasteiger charge is -2.09. The van der Waals surface area contributed by atoms with Gasteiger partial charge in [0.25, 0.3) is 0 Å². The first-order valence-electron chi connectivity index (χ1n) is 7.70. The van der Waals surface area contributed by atoms with E-state index in [4.69, 9.17) is 0 Å². The van der Waals surface area contributed by atoms with Crippen molar-refractivity contribution in [3.63, 3.8) is 0 Å². The molecular formula is C17H11F5N4OS. The van der Waals surface area contributed by atoms with E-state index in [0.29, 0.717) is 11.0 Å². The molecule has 11 heteroatoms. The maximum atomic E-state index is 13.6. The zero-order valence-electron chi connectivity index (χ0n) is 14.1. The summed E-state index contributed by atoms with van der Waals surface area (Å²) in [5.74, 6) is -11.6. The molecule has 1 aromatic heterocycles. The molecule has 0 spiro atoms. The number of nitrogens with zero attached hydrogens (tertiary/aromatic N) is 3. The van der Waals surface area contributed by atoms with Crippen molar-refractivity contribution in [2.45, 2.75) is 5.16 Å². The summed E-state index contributed by atoms with van der Waals surface area (Å²) in [6, 6.07) is 9.09. The van der Waals surface area contributed by atoms with Crippen molar-refractivity contribution in [1.82, 2.24) is 14.8 Å². The van der Waals surface area contributed by atoms with Crippen molar-refractivity contribution in [3.05, 3.63) is 59.4 Å². The first-order chi connectivity index (χ1) is 13.3. The second-order valence-corrected chi connectivity index (χ2v) is 6.46. The van der Waals surface area contributed by atoms with Gasteiger partial charge >= 0.3 is 0 Å². The van der Waals surface area contributed by atoms with Gasteiger partial charge in [-0.15, -0.1) is 10.2 Å². The molecule has 28 heavy (non-hydrogen) atoms. The van der Waals surface area contributed by atoms with E-state index in [1.807, 2.05) is 30.3 Å². The Kier molecular flexibility index (Phi) is 5.63. The van der Waals surface area contributed by atoms with E-state index in [2.05, 4.69) is 10.2 Å². The standard InChI is InChI=1S/C17H11F5N4OS/c1-26-16(8-5-3-2-4-6-8)24-25-17(26)28-7-9(27)23-15-13(21)11(19)10(18)12(20)14(15)22/h2-6H,7H2,1H3,(H,23,27). The lowest BCUT2D eigenvalue weighted by Crippen LogP contribution is -2.18. The number of nitrogens with one attached hydrogen (secondary N) is 1. The summed E-state index contributed by atoms with van der Waals surface area (Å²) >= 11 is 0.884. The molecule has 0 bridgehead atoms. The van der Waals surface area contributed by atoms with E-state index in [1.54, 1.807) is 16.9 Å². The lowest BCUT2D eigenvalue weighted by atomic mass is 10.2. The van der Waals surface area contributed by atoms with Gasteiger partial charge in [0.15, 0.2) is 34.2 Å². The summed E-state index contributed by atoms with van der Waals surface area (Å²) in [6.07, 6.45) is 0. The maximum Gasteiger partial charge on any atom is 0.235 e. The zero-order valence-corrected chi connectivity index (χ0v) is 15.0. The van der Waals surface area contributed by atoms with Crippen LogP contribution >= 0.6 is 11.8 Å². The van der Waals surface area contributed by atoms with Crippen LogP contribution in [0.25, 0.3) is 11.4 Å². The summed E-state index contributed by atoms with van der Waals surface area (Å²) < 4.78 is 68.2. The van der Waals surface area contributed by atoms with Crippen LogP contribution in [-0.4, -0.2) is 26.4 Å². The van der Waals surface area contributed by atoms with E-state index in [0.717, 1.165) is 17.3 Å². The number of carbonyl (C=O) groups excluding carboxylic acids is 1. The molecule has 1 N–H and O–H groups in total. The normalized spacial score (nSPS) is 10.9. The molecule has 146 valence electrons. The van der Waals surface area contributed by atoms with Gasteiger partial charge in [-0.2, -0.15) is 0 Å². The largest absolute Gasteiger partial charge is 0.320 e. The first kappa shape index (κ1) is 19.8. The second kappa shape index (κ2) is 7.97. The molecule has 0 aliphatic carbocycles.